The van der Waals surface area contributed by atoms with E-state index in [1.807, 2.05) is 19.1 Å². The first-order valence-corrected chi connectivity index (χ1v) is 9.72. The summed E-state index contributed by atoms with van der Waals surface area (Å²) in [4.78, 5) is 23.5. The quantitative estimate of drug-likeness (QED) is 0.590. The van der Waals surface area contributed by atoms with Gasteiger partial charge in [0, 0.05) is 17.3 Å². The van der Waals surface area contributed by atoms with Crippen molar-refractivity contribution < 1.29 is 9.59 Å². The summed E-state index contributed by atoms with van der Waals surface area (Å²) in [6.07, 6.45) is 0. The van der Waals surface area contributed by atoms with Gasteiger partial charge < -0.3 is 16.0 Å². The van der Waals surface area contributed by atoms with E-state index in [1.54, 1.807) is 19.1 Å². The first-order valence-electron chi connectivity index (χ1n) is 7.54. The standard InChI is InChI=1S/C15H18ClN5O2S2/c1-3-17-13(23)9(2)18-12(22)8-24-15-21-20-14(25-15)19-11-6-4-5-10(16)7-11/h4-7,9H,3,8H2,1-2H3,(H,17,23)(H,18,22)(H,19,20)/t9-/m1/s1. The Balaban J connectivity index is 1.81. The fraction of sp³-hybridized carbons (Fsp3) is 0.333. The van der Waals surface area contributed by atoms with E-state index < -0.39 is 6.04 Å². The molecule has 1 heterocycles. The van der Waals surface area contributed by atoms with E-state index in [0.717, 1.165) is 5.69 Å². The summed E-state index contributed by atoms with van der Waals surface area (Å²) >= 11 is 8.54. The van der Waals surface area contributed by atoms with Crippen molar-refractivity contribution >= 4 is 57.3 Å². The number of hydrogen-bond acceptors (Lipinski definition) is 7. The van der Waals surface area contributed by atoms with Gasteiger partial charge in [0.05, 0.1) is 5.75 Å². The highest BCUT2D eigenvalue weighted by Gasteiger charge is 2.15. The minimum atomic E-state index is -0.567. The molecule has 0 saturated carbocycles. The number of nitrogens with one attached hydrogen (secondary N) is 3. The van der Waals surface area contributed by atoms with Crippen LogP contribution in [0.25, 0.3) is 0 Å². The Morgan fingerprint density at radius 2 is 2.16 bits per heavy atom. The zero-order chi connectivity index (χ0) is 18.2. The number of anilines is 2. The average molecular weight is 400 g/mol. The number of benzene rings is 1. The summed E-state index contributed by atoms with van der Waals surface area (Å²) in [5.41, 5.74) is 0.814. The SMILES string of the molecule is CCNC(=O)[C@@H](C)NC(=O)CSc1nnc(Nc2cccc(Cl)c2)s1. The van der Waals surface area contributed by atoms with Gasteiger partial charge in [-0.15, -0.1) is 10.2 Å². The number of rotatable bonds is 8. The lowest BCUT2D eigenvalue weighted by molar-refractivity contribution is -0.127. The Morgan fingerprint density at radius 3 is 2.88 bits per heavy atom. The number of carbonyl (C=O) groups excluding carboxylic acids is 2. The van der Waals surface area contributed by atoms with Crippen molar-refractivity contribution in [3.05, 3.63) is 29.3 Å². The molecule has 7 nitrogen and oxygen atoms in total. The van der Waals surface area contributed by atoms with Crippen LogP contribution in [0.1, 0.15) is 13.8 Å². The molecule has 2 aromatic rings. The maximum atomic E-state index is 11.9. The summed E-state index contributed by atoms with van der Waals surface area (Å²) in [5.74, 6) is -0.275. The van der Waals surface area contributed by atoms with Gasteiger partial charge in [-0.1, -0.05) is 40.8 Å². The van der Waals surface area contributed by atoms with Crippen LogP contribution < -0.4 is 16.0 Å². The van der Waals surface area contributed by atoms with E-state index in [0.29, 0.717) is 21.0 Å². The van der Waals surface area contributed by atoms with Crippen molar-refractivity contribution in [2.45, 2.75) is 24.2 Å². The normalized spacial score (nSPS) is 11.6. The molecule has 0 bridgehead atoms. The minimum absolute atomic E-state index is 0.162. The fourth-order valence-corrected chi connectivity index (χ4v) is 3.59. The molecule has 0 fully saturated rings. The van der Waals surface area contributed by atoms with E-state index in [4.69, 9.17) is 11.6 Å². The molecule has 0 unspecified atom stereocenters. The number of aromatic nitrogens is 2. The largest absolute Gasteiger partial charge is 0.355 e. The molecule has 0 spiro atoms. The lowest BCUT2D eigenvalue weighted by atomic mass is 10.3. The molecule has 10 heteroatoms. The summed E-state index contributed by atoms with van der Waals surface area (Å²) < 4.78 is 0.658. The number of thioether (sulfide) groups is 1. The number of halogens is 1. The summed E-state index contributed by atoms with van der Waals surface area (Å²) in [5, 5.41) is 17.7. The Labute approximate surface area is 158 Å². The van der Waals surface area contributed by atoms with Crippen molar-refractivity contribution in [3.8, 4) is 0 Å². The number of nitrogens with zero attached hydrogens (tertiary/aromatic N) is 2. The van der Waals surface area contributed by atoms with Crippen LogP contribution in [0.3, 0.4) is 0 Å². The second kappa shape index (κ2) is 9.59. The van der Waals surface area contributed by atoms with Gasteiger partial charge in [-0.25, -0.2) is 0 Å². The molecule has 1 aromatic heterocycles. The average Bonchev–Trinajstić information content (AvgIpc) is 3.00. The van der Waals surface area contributed by atoms with Crippen LogP contribution in [0.2, 0.25) is 5.02 Å². The zero-order valence-corrected chi connectivity index (χ0v) is 16.1. The van der Waals surface area contributed by atoms with Gasteiger partial charge in [-0.05, 0) is 32.0 Å². The van der Waals surface area contributed by atoms with Crippen molar-refractivity contribution in [1.82, 2.24) is 20.8 Å². The van der Waals surface area contributed by atoms with Crippen molar-refractivity contribution in [3.63, 3.8) is 0 Å². The fourth-order valence-electron chi connectivity index (χ4n) is 1.81. The molecule has 0 aliphatic heterocycles. The van der Waals surface area contributed by atoms with Crippen LogP contribution in [0, 0.1) is 0 Å². The molecule has 0 saturated heterocycles. The Kier molecular flexibility index (Phi) is 7.48. The lowest BCUT2D eigenvalue weighted by Gasteiger charge is -2.12. The lowest BCUT2D eigenvalue weighted by Crippen LogP contribution is -2.45. The Bertz CT molecular complexity index is 740. The highest BCUT2D eigenvalue weighted by molar-refractivity contribution is 8.01. The van der Waals surface area contributed by atoms with Gasteiger partial charge in [0.25, 0.3) is 0 Å². The van der Waals surface area contributed by atoms with E-state index in [2.05, 4.69) is 26.1 Å². The monoisotopic (exact) mass is 399 g/mol. The maximum Gasteiger partial charge on any atom is 0.242 e. The second-order valence-electron chi connectivity index (χ2n) is 4.98. The molecule has 0 radical (unpaired) electrons. The summed E-state index contributed by atoms with van der Waals surface area (Å²) in [6.45, 7) is 4.00. The van der Waals surface area contributed by atoms with Crippen molar-refractivity contribution in [2.75, 3.05) is 17.6 Å². The summed E-state index contributed by atoms with van der Waals surface area (Å²) in [6, 6.07) is 6.71. The molecule has 2 rings (SSSR count). The second-order valence-corrected chi connectivity index (χ2v) is 7.62. The van der Waals surface area contributed by atoms with Gasteiger partial charge in [0.15, 0.2) is 4.34 Å². The molecular formula is C15H18ClN5O2S2. The van der Waals surface area contributed by atoms with E-state index in [1.165, 1.54) is 23.1 Å². The van der Waals surface area contributed by atoms with Crippen LogP contribution in [-0.4, -0.2) is 40.4 Å². The molecule has 3 N–H and O–H groups in total. The first-order chi connectivity index (χ1) is 12.0. The molecule has 0 aliphatic rings. The molecule has 1 atom stereocenters. The number of amides is 2. The van der Waals surface area contributed by atoms with Crippen LogP contribution in [0.15, 0.2) is 28.6 Å². The topological polar surface area (TPSA) is 96.0 Å². The van der Waals surface area contributed by atoms with Gasteiger partial charge in [-0.2, -0.15) is 0 Å². The highest BCUT2D eigenvalue weighted by Crippen LogP contribution is 2.28. The Morgan fingerprint density at radius 1 is 1.36 bits per heavy atom. The number of carbonyl (C=O) groups is 2. The van der Waals surface area contributed by atoms with Crippen LogP contribution in [0.5, 0.6) is 0 Å². The van der Waals surface area contributed by atoms with E-state index in [-0.39, 0.29) is 17.6 Å². The highest BCUT2D eigenvalue weighted by atomic mass is 35.5. The van der Waals surface area contributed by atoms with Crippen molar-refractivity contribution in [1.29, 1.82) is 0 Å². The van der Waals surface area contributed by atoms with Gasteiger partial charge >= 0.3 is 0 Å². The minimum Gasteiger partial charge on any atom is -0.355 e. The van der Waals surface area contributed by atoms with Crippen molar-refractivity contribution in [2.24, 2.45) is 0 Å². The molecule has 0 aliphatic carbocycles. The predicted molar refractivity (Wildman–Crippen MR) is 102 cm³/mol. The summed E-state index contributed by atoms with van der Waals surface area (Å²) in [7, 11) is 0. The van der Waals surface area contributed by atoms with Gasteiger partial charge in [0.1, 0.15) is 6.04 Å². The van der Waals surface area contributed by atoms with Crippen LogP contribution in [-0.2, 0) is 9.59 Å². The Hall–Kier alpha value is -1.84. The van der Waals surface area contributed by atoms with Gasteiger partial charge in [-0.3, -0.25) is 9.59 Å². The van der Waals surface area contributed by atoms with Crippen LogP contribution in [0.4, 0.5) is 10.8 Å². The first kappa shape index (κ1) is 19.5. The van der Waals surface area contributed by atoms with E-state index >= 15 is 0 Å². The number of likely N-dealkylation sites (N-methyl/N-ethyl adjacent to an activating group) is 1. The third kappa shape index (κ3) is 6.52. The third-order valence-corrected chi connectivity index (χ3v) is 5.14. The maximum absolute atomic E-state index is 11.9. The smallest absolute Gasteiger partial charge is 0.242 e. The molecule has 1 aromatic carbocycles. The zero-order valence-electron chi connectivity index (χ0n) is 13.7. The molecule has 25 heavy (non-hydrogen) atoms. The third-order valence-electron chi connectivity index (χ3n) is 2.93. The predicted octanol–water partition coefficient (Wildman–Crippen LogP) is 2.67. The molecule has 2 amide bonds. The van der Waals surface area contributed by atoms with E-state index in [9.17, 15) is 9.59 Å². The van der Waals surface area contributed by atoms with Gasteiger partial charge in [0.2, 0.25) is 16.9 Å². The molecule has 134 valence electrons. The number of hydrogen-bond donors (Lipinski definition) is 3. The van der Waals surface area contributed by atoms with Crippen LogP contribution >= 0.6 is 34.7 Å². The molecular weight excluding hydrogens is 382 g/mol.